The number of carbonyl (C=O) groups excluding carboxylic acids is 1. The van der Waals surface area contributed by atoms with Gasteiger partial charge in [0.2, 0.25) is 0 Å². The molecule has 0 saturated carbocycles. The maximum Gasteiger partial charge on any atom is 0.357 e. The molecule has 0 amide bonds. The zero-order chi connectivity index (χ0) is 8.27. The third-order valence-electron chi connectivity index (χ3n) is 1.34. The summed E-state index contributed by atoms with van der Waals surface area (Å²) >= 11 is 1.48. The molecule has 0 aliphatic carbocycles. The lowest BCUT2D eigenvalue weighted by Gasteiger charge is -1.95. The number of hydrogen-bond donors (Lipinski definition) is 0. The van der Waals surface area contributed by atoms with E-state index in [4.69, 9.17) is 0 Å². The van der Waals surface area contributed by atoms with Crippen molar-refractivity contribution in [3.05, 3.63) is 16.1 Å². The fourth-order valence-electron chi connectivity index (χ4n) is 0.784. The topological polar surface area (TPSA) is 39.2 Å². The van der Waals surface area contributed by atoms with Crippen molar-refractivity contribution >= 4 is 25.2 Å². The Morgan fingerprint density at radius 1 is 1.91 bits per heavy atom. The molecule has 0 bridgehead atoms. The zero-order valence-electron chi connectivity index (χ0n) is 6.46. The van der Waals surface area contributed by atoms with E-state index in [1.165, 1.54) is 18.4 Å². The highest BCUT2D eigenvalue weighted by molar-refractivity contribution is 7.10. The molecule has 0 aliphatic rings. The van der Waals surface area contributed by atoms with E-state index in [1.54, 1.807) is 5.51 Å². The highest BCUT2D eigenvalue weighted by Gasteiger charge is 2.12. The van der Waals surface area contributed by atoms with Crippen molar-refractivity contribution in [3.63, 3.8) is 0 Å². The summed E-state index contributed by atoms with van der Waals surface area (Å²) in [5.74, 6) is -0.344. The van der Waals surface area contributed by atoms with Gasteiger partial charge in [0.1, 0.15) is 7.85 Å². The van der Waals surface area contributed by atoms with Crippen LogP contribution in [-0.4, -0.2) is 25.9 Å². The molecule has 1 aromatic rings. The summed E-state index contributed by atoms with van der Waals surface area (Å²) in [6, 6.07) is 0. The summed E-state index contributed by atoms with van der Waals surface area (Å²) in [5.41, 5.74) is 2.12. The number of thiazole rings is 1. The SMILES string of the molecule is BCc1scnc1C(=O)OC. The van der Waals surface area contributed by atoms with E-state index in [2.05, 4.69) is 9.72 Å². The van der Waals surface area contributed by atoms with Gasteiger partial charge >= 0.3 is 5.97 Å². The van der Waals surface area contributed by atoms with Gasteiger partial charge in [-0.25, -0.2) is 9.78 Å². The van der Waals surface area contributed by atoms with Gasteiger partial charge < -0.3 is 4.74 Å². The predicted molar refractivity (Wildman–Crippen MR) is 45.7 cm³/mol. The van der Waals surface area contributed by atoms with Crippen molar-refractivity contribution < 1.29 is 9.53 Å². The molecule has 0 aromatic carbocycles. The zero-order valence-corrected chi connectivity index (χ0v) is 7.27. The fourth-order valence-corrected chi connectivity index (χ4v) is 1.48. The highest BCUT2D eigenvalue weighted by Crippen LogP contribution is 2.13. The molecule has 1 aromatic heterocycles. The average molecular weight is 169 g/mol. The van der Waals surface area contributed by atoms with E-state index >= 15 is 0 Å². The smallest absolute Gasteiger partial charge is 0.357 e. The summed E-state index contributed by atoms with van der Waals surface area (Å²) in [7, 11) is 3.35. The van der Waals surface area contributed by atoms with Crippen LogP contribution in [0.25, 0.3) is 0 Å². The van der Waals surface area contributed by atoms with Gasteiger partial charge in [0.25, 0.3) is 0 Å². The van der Waals surface area contributed by atoms with Crippen molar-refractivity contribution in [1.29, 1.82) is 0 Å². The van der Waals surface area contributed by atoms with Gasteiger partial charge in [-0.1, -0.05) is 0 Å². The van der Waals surface area contributed by atoms with Crippen LogP contribution in [-0.2, 0) is 11.1 Å². The number of esters is 1. The second-order valence-corrected chi connectivity index (χ2v) is 2.91. The summed E-state index contributed by atoms with van der Waals surface area (Å²) in [6.45, 7) is 0. The first-order valence-electron chi connectivity index (χ1n) is 3.30. The molecule has 0 aliphatic heterocycles. The molecule has 0 radical (unpaired) electrons. The summed E-state index contributed by atoms with van der Waals surface area (Å²) < 4.78 is 4.54. The van der Waals surface area contributed by atoms with Crippen LogP contribution in [0, 0.1) is 0 Å². The Labute approximate surface area is 69.8 Å². The predicted octanol–water partition coefficient (Wildman–Crippen LogP) is 0.0628. The Morgan fingerprint density at radius 3 is 3.18 bits per heavy atom. The molecule has 11 heavy (non-hydrogen) atoms. The number of hydrogen-bond acceptors (Lipinski definition) is 4. The van der Waals surface area contributed by atoms with Gasteiger partial charge in [-0.15, -0.1) is 11.3 Å². The Bertz CT molecular complexity index is 261. The van der Waals surface area contributed by atoms with Gasteiger partial charge in [-0.3, -0.25) is 0 Å². The molecule has 1 rings (SSSR count). The minimum absolute atomic E-state index is 0.344. The molecule has 58 valence electrons. The lowest BCUT2D eigenvalue weighted by Crippen LogP contribution is -2.04. The molecule has 3 nitrogen and oxygen atoms in total. The molecule has 0 fully saturated rings. The first-order valence-corrected chi connectivity index (χ1v) is 4.18. The van der Waals surface area contributed by atoms with E-state index in [1.807, 2.05) is 7.85 Å². The van der Waals surface area contributed by atoms with E-state index in [9.17, 15) is 4.79 Å². The number of carbonyl (C=O) groups is 1. The molecule has 5 heteroatoms. The first-order chi connectivity index (χ1) is 5.29. The number of nitrogens with zero attached hydrogens (tertiary/aromatic N) is 1. The Balaban J connectivity index is 2.92. The van der Waals surface area contributed by atoms with Crippen molar-refractivity contribution in [2.75, 3.05) is 7.11 Å². The summed E-state index contributed by atoms with van der Waals surface area (Å²) in [5, 5.41) is 0. The van der Waals surface area contributed by atoms with Gasteiger partial charge in [-0.2, -0.15) is 0 Å². The van der Waals surface area contributed by atoms with Crippen molar-refractivity contribution in [1.82, 2.24) is 4.98 Å². The molecule has 1 heterocycles. The second-order valence-electron chi connectivity index (χ2n) is 1.97. The Morgan fingerprint density at radius 2 is 2.64 bits per heavy atom. The number of methoxy groups -OCH3 is 1. The number of ether oxygens (including phenoxy) is 1. The van der Waals surface area contributed by atoms with Crippen LogP contribution < -0.4 is 0 Å². The van der Waals surface area contributed by atoms with Gasteiger partial charge in [0, 0.05) is 4.88 Å². The van der Waals surface area contributed by atoms with Crippen LogP contribution in [0.1, 0.15) is 15.4 Å². The molecule has 0 saturated heterocycles. The molecule has 0 unspecified atom stereocenters. The highest BCUT2D eigenvalue weighted by atomic mass is 32.1. The Hall–Kier alpha value is -0.835. The molecule has 0 atom stereocenters. The van der Waals surface area contributed by atoms with Crippen LogP contribution in [0.5, 0.6) is 0 Å². The van der Waals surface area contributed by atoms with Crippen LogP contribution >= 0.6 is 11.3 Å². The van der Waals surface area contributed by atoms with Crippen LogP contribution in [0.2, 0.25) is 0 Å². The van der Waals surface area contributed by atoms with Crippen LogP contribution in [0.4, 0.5) is 0 Å². The summed E-state index contributed by atoms with van der Waals surface area (Å²) in [4.78, 5) is 15.9. The quantitative estimate of drug-likeness (QED) is 0.464. The van der Waals surface area contributed by atoms with Gasteiger partial charge in [-0.05, 0) is 6.32 Å². The average Bonchev–Trinajstić information content (AvgIpc) is 2.50. The normalized spacial score (nSPS) is 9.55. The van der Waals surface area contributed by atoms with Crippen LogP contribution in [0.3, 0.4) is 0 Å². The minimum Gasteiger partial charge on any atom is -0.464 e. The number of rotatable bonds is 2. The molecule has 0 N–H and O–H groups in total. The van der Waals surface area contributed by atoms with Crippen LogP contribution in [0.15, 0.2) is 5.51 Å². The van der Waals surface area contributed by atoms with E-state index in [-0.39, 0.29) is 5.97 Å². The third-order valence-corrected chi connectivity index (χ3v) is 2.32. The van der Waals surface area contributed by atoms with E-state index < -0.39 is 0 Å². The second kappa shape index (κ2) is 3.53. The number of aromatic nitrogens is 1. The third kappa shape index (κ3) is 1.60. The fraction of sp³-hybridized carbons (Fsp3) is 0.333. The first kappa shape index (κ1) is 8.26. The van der Waals surface area contributed by atoms with E-state index in [0.717, 1.165) is 11.2 Å². The Kier molecular flexibility index (Phi) is 2.65. The molecular weight excluding hydrogens is 161 g/mol. The standard InChI is InChI=1S/C6H8BNO2S/c1-10-6(9)5-4(2-7)11-3-8-5/h3H,2,7H2,1H3. The largest absolute Gasteiger partial charge is 0.464 e. The molecule has 0 spiro atoms. The van der Waals surface area contributed by atoms with Crippen molar-refractivity contribution in [3.8, 4) is 0 Å². The van der Waals surface area contributed by atoms with Gasteiger partial charge in [0.05, 0.1) is 12.6 Å². The maximum atomic E-state index is 11.0. The van der Waals surface area contributed by atoms with Gasteiger partial charge in [0.15, 0.2) is 5.69 Å². The maximum absolute atomic E-state index is 11.0. The summed E-state index contributed by atoms with van der Waals surface area (Å²) in [6.07, 6.45) is 0.828. The monoisotopic (exact) mass is 169 g/mol. The van der Waals surface area contributed by atoms with Crippen molar-refractivity contribution in [2.24, 2.45) is 0 Å². The lowest BCUT2D eigenvalue weighted by atomic mass is 10.0. The minimum atomic E-state index is -0.344. The van der Waals surface area contributed by atoms with E-state index in [0.29, 0.717) is 5.69 Å². The molecular formula is C6H8BNO2S. The van der Waals surface area contributed by atoms with Crippen molar-refractivity contribution in [2.45, 2.75) is 6.32 Å². The lowest BCUT2D eigenvalue weighted by molar-refractivity contribution is 0.0594.